The van der Waals surface area contributed by atoms with Gasteiger partial charge in [-0.05, 0) is 19.3 Å². The Kier molecular flexibility index (Phi) is 7.68. The van der Waals surface area contributed by atoms with Gasteiger partial charge in [-0.3, -0.25) is 19.4 Å². The van der Waals surface area contributed by atoms with Crippen molar-refractivity contribution in [1.29, 1.82) is 0 Å². The standard InChI is InChI=1S/C17H29N5O4/c1-12(16(25)26)11-21-15(24)13-4-9-22(10-5-13)14(23)3-2-6-18-17-19-7-8-20-17/h12-13H,2-11H2,1H3,(H,21,24)(H,25,26)(H2,18,19,20)/t12-/m0/s1. The molecule has 2 rings (SSSR count). The second kappa shape index (κ2) is 9.98. The largest absolute Gasteiger partial charge is 0.481 e. The molecular formula is C17H29N5O4. The summed E-state index contributed by atoms with van der Waals surface area (Å²) in [5.41, 5.74) is 0. The van der Waals surface area contributed by atoms with Crippen molar-refractivity contribution in [3.63, 3.8) is 0 Å². The van der Waals surface area contributed by atoms with E-state index in [2.05, 4.69) is 20.9 Å². The van der Waals surface area contributed by atoms with Crippen molar-refractivity contribution in [3.05, 3.63) is 0 Å². The molecule has 0 radical (unpaired) electrons. The molecule has 0 aromatic carbocycles. The highest BCUT2D eigenvalue weighted by Crippen LogP contribution is 2.18. The highest BCUT2D eigenvalue weighted by atomic mass is 16.4. The molecule has 2 heterocycles. The zero-order chi connectivity index (χ0) is 18.9. The molecule has 1 atom stereocenters. The lowest BCUT2D eigenvalue weighted by atomic mass is 9.95. The molecule has 0 aromatic rings. The summed E-state index contributed by atoms with van der Waals surface area (Å²) in [7, 11) is 0. The first-order chi connectivity index (χ1) is 12.5. The van der Waals surface area contributed by atoms with Crippen molar-refractivity contribution in [2.45, 2.75) is 32.6 Å². The van der Waals surface area contributed by atoms with Gasteiger partial charge >= 0.3 is 5.97 Å². The van der Waals surface area contributed by atoms with E-state index in [1.54, 1.807) is 6.92 Å². The Morgan fingerprint density at radius 1 is 1.35 bits per heavy atom. The summed E-state index contributed by atoms with van der Waals surface area (Å²) in [6.45, 7) is 5.21. The first-order valence-electron chi connectivity index (χ1n) is 9.28. The number of carboxylic acid groups (broad SMARTS) is 1. The Hall–Kier alpha value is -2.32. The summed E-state index contributed by atoms with van der Waals surface area (Å²) in [6.07, 6.45) is 2.47. The number of amides is 2. The first-order valence-corrected chi connectivity index (χ1v) is 9.28. The molecule has 0 unspecified atom stereocenters. The summed E-state index contributed by atoms with van der Waals surface area (Å²) in [5.74, 6) is -0.851. The molecule has 0 aliphatic carbocycles. The van der Waals surface area contributed by atoms with Crippen LogP contribution >= 0.6 is 0 Å². The average molecular weight is 367 g/mol. The maximum Gasteiger partial charge on any atom is 0.308 e. The van der Waals surface area contributed by atoms with E-state index in [0.717, 1.165) is 25.5 Å². The second-order valence-corrected chi connectivity index (χ2v) is 6.83. The van der Waals surface area contributed by atoms with Gasteiger partial charge < -0.3 is 26.0 Å². The van der Waals surface area contributed by atoms with Crippen LogP contribution in [-0.4, -0.2) is 73.0 Å². The maximum absolute atomic E-state index is 12.2. The third kappa shape index (κ3) is 6.20. The topological polar surface area (TPSA) is 123 Å². The molecule has 0 aromatic heterocycles. The Labute approximate surface area is 153 Å². The smallest absolute Gasteiger partial charge is 0.308 e. The lowest BCUT2D eigenvalue weighted by Crippen LogP contribution is -2.44. The van der Waals surface area contributed by atoms with Gasteiger partial charge in [0.15, 0.2) is 5.96 Å². The van der Waals surface area contributed by atoms with E-state index in [4.69, 9.17) is 5.11 Å². The summed E-state index contributed by atoms with van der Waals surface area (Å²) < 4.78 is 0. The number of likely N-dealkylation sites (tertiary alicyclic amines) is 1. The summed E-state index contributed by atoms with van der Waals surface area (Å²) >= 11 is 0. The first kappa shape index (κ1) is 20.0. The number of hydrogen-bond donors (Lipinski definition) is 4. The number of nitrogens with zero attached hydrogens (tertiary/aromatic N) is 2. The van der Waals surface area contributed by atoms with Crippen LogP contribution in [0.4, 0.5) is 0 Å². The molecule has 1 saturated heterocycles. The maximum atomic E-state index is 12.2. The van der Waals surface area contributed by atoms with Crippen LogP contribution < -0.4 is 16.0 Å². The molecule has 2 aliphatic heterocycles. The number of carbonyl (C=O) groups is 3. The Balaban J connectivity index is 1.60. The zero-order valence-corrected chi connectivity index (χ0v) is 15.3. The molecule has 0 saturated carbocycles. The van der Waals surface area contributed by atoms with Gasteiger partial charge in [0, 0.05) is 45.1 Å². The minimum Gasteiger partial charge on any atom is -0.481 e. The third-order valence-electron chi connectivity index (χ3n) is 4.76. The number of guanidine groups is 1. The van der Waals surface area contributed by atoms with Gasteiger partial charge in [0.1, 0.15) is 0 Å². The van der Waals surface area contributed by atoms with Gasteiger partial charge in [0.05, 0.1) is 12.5 Å². The summed E-state index contributed by atoms with van der Waals surface area (Å²) in [4.78, 5) is 41.2. The average Bonchev–Trinajstić information content (AvgIpc) is 3.16. The van der Waals surface area contributed by atoms with Crippen molar-refractivity contribution in [2.24, 2.45) is 16.8 Å². The van der Waals surface area contributed by atoms with Crippen LogP contribution in [0.1, 0.15) is 32.6 Å². The molecule has 0 bridgehead atoms. The quantitative estimate of drug-likeness (QED) is 0.425. The van der Waals surface area contributed by atoms with Crippen LogP contribution in [0.25, 0.3) is 0 Å². The molecule has 4 N–H and O–H groups in total. The number of nitrogens with one attached hydrogen (secondary N) is 3. The predicted octanol–water partition coefficient (Wildman–Crippen LogP) is -0.609. The Morgan fingerprint density at radius 3 is 2.69 bits per heavy atom. The highest BCUT2D eigenvalue weighted by Gasteiger charge is 2.27. The van der Waals surface area contributed by atoms with Crippen LogP contribution in [0.15, 0.2) is 4.99 Å². The van der Waals surface area contributed by atoms with E-state index in [1.807, 2.05) is 4.90 Å². The van der Waals surface area contributed by atoms with E-state index < -0.39 is 11.9 Å². The fourth-order valence-corrected chi connectivity index (χ4v) is 3.00. The van der Waals surface area contributed by atoms with Crippen molar-refractivity contribution >= 4 is 23.7 Å². The predicted molar refractivity (Wildman–Crippen MR) is 96.7 cm³/mol. The van der Waals surface area contributed by atoms with E-state index in [0.29, 0.717) is 38.9 Å². The normalized spacial score (nSPS) is 18.7. The van der Waals surface area contributed by atoms with Crippen LogP contribution in [0.5, 0.6) is 0 Å². The van der Waals surface area contributed by atoms with Crippen molar-refractivity contribution < 1.29 is 19.5 Å². The number of aliphatic imine (C=N–C) groups is 1. The van der Waals surface area contributed by atoms with Crippen molar-refractivity contribution in [1.82, 2.24) is 20.9 Å². The van der Waals surface area contributed by atoms with Crippen LogP contribution in [-0.2, 0) is 14.4 Å². The van der Waals surface area contributed by atoms with Gasteiger partial charge in [-0.15, -0.1) is 0 Å². The number of carbonyl (C=O) groups excluding carboxylic acids is 2. The van der Waals surface area contributed by atoms with Gasteiger partial charge in [0.2, 0.25) is 11.8 Å². The van der Waals surface area contributed by atoms with Crippen molar-refractivity contribution in [2.75, 3.05) is 39.3 Å². The number of carboxylic acids is 1. The molecule has 146 valence electrons. The zero-order valence-electron chi connectivity index (χ0n) is 15.3. The monoisotopic (exact) mass is 367 g/mol. The van der Waals surface area contributed by atoms with E-state index in [-0.39, 0.29) is 24.3 Å². The highest BCUT2D eigenvalue weighted by molar-refractivity contribution is 5.82. The van der Waals surface area contributed by atoms with Gasteiger partial charge in [-0.1, -0.05) is 6.92 Å². The fourth-order valence-electron chi connectivity index (χ4n) is 3.00. The minimum atomic E-state index is -0.920. The van der Waals surface area contributed by atoms with Gasteiger partial charge in [-0.2, -0.15) is 0 Å². The minimum absolute atomic E-state index is 0.112. The van der Waals surface area contributed by atoms with E-state index in [1.165, 1.54) is 0 Å². The Morgan fingerprint density at radius 2 is 2.08 bits per heavy atom. The lowest BCUT2D eigenvalue weighted by Gasteiger charge is -2.31. The molecule has 1 fully saturated rings. The number of hydrogen-bond acceptors (Lipinski definition) is 6. The molecule has 26 heavy (non-hydrogen) atoms. The third-order valence-corrected chi connectivity index (χ3v) is 4.76. The van der Waals surface area contributed by atoms with Gasteiger partial charge in [-0.25, -0.2) is 0 Å². The fraction of sp³-hybridized carbons (Fsp3) is 0.765. The second-order valence-electron chi connectivity index (χ2n) is 6.83. The molecule has 9 nitrogen and oxygen atoms in total. The molecule has 9 heteroatoms. The van der Waals surface area contributed by atoms with Crippen molar-refractivity contribution in [3.8, 4) is 0 Å². The molecular weight excluding hydrogens is 338 g/mol. The van der Waals surface area contributed by atoms with E-state index in [9.17, 15) is 14.4 Å². The number of rotatable bonds is 8. The van der Waals surface area contributed by atoms with Crippen LogP contribution in [0.2, 0.25) is 0 Å². The molecule has 2 aliphatic rings. The molecule has 0 spiro atoms. The van der Waals surface area contributed by atoms with Crippen LogP contribution in [0, 0.1) is 11.8 Å². The summed E-state index contributed by atoms with van der Waals surface area (Å²) in [6, 6.07) is 0. The lowest BCUT2D eigenvalue weighted by molar-refractivity contribution is -0.141. The number of aliphatic carboxylic acids is 1. The number of piperidine rings is 1. The van der Waals surface area contributed by atoms with Crippen LogP contribution in [0.3, 0.4) is 0 Å². The van der Waals surface area contributed by atoms with Gasteiger partial charge in [0.25, 0.3) is 0 Å². The molecule has 2 amide bonds. The summed E-state index contributed by atoms with van der Waals surface area (Å²) in [5, 5.41) is 17.8. The Bertz CT molecular complexity index is 543. The van der Waals surface area contributed by atoms with E-state index >= 15 is 0 Å². The SMILES string of the molecule is C[C@@H](CNC(=O)C1CCN(C(=O)CCCNC2=NCCN2)CC1)C(=O)O.